The second kappa shape index (κ2) is 3.42. The zero-order valence-electron chi connectivity index (χ0n) is 8.82. The summed E-state index contributed by atoms with van der Waals surface area (Å²) in [6.07, 6.45) is 0. The molecule has 0 aliphatic carbocycles. The smallest absolute Gasteiger partial charge is 0.338 e. The van der Waals surface area contributed by atoms with Crippen LogP contribution < -0.4 is 0 Å². The third-order valence-electron chi connectivity index (χ3n) is 2.76. The molecule has 2 rings (SSSR count). The first-order valence-corrected chi connectivity index (χ1v) is 4.98. The number of nitrogens with zero attached hydrogens (tertiary/aromatic N) is 1. The SMILES string of the molecule is CCn1c(C)c(C(=O)O)c2ccccc21. The lowest BCUT2D eigenvalue weighted by Crippen LogP contribution is -2.01. The van der Waals surface area contributed by atoms with E-state index in [-0.39, 0.29) is 0 Å². The summed E-state index contributed by atoms with van der Waals surface area (Å²) in [7, 11) is 0. The number of aryl methyl sites for hydroxylation is 1. The van der Waals surface area contributed by atoms with E-state index in [1.54, 1.807) is 0 Å². The molecule has 0 unspecified atom stereocenters. The van der Waals surface area contributed by atoms with Crippen LogP contribution in [-0.2, 0) is 6.54 Å². The number of para-hydroxylation sites is 1. The van der Waals surface area contributed by atoms with Gasteiger partial charge in [-0.3, -0.25) is 0 Å². The summed E-state index contributed by atoms with van der Waals surface area (Å²) in [6, 6.07) is 7.62. The Morgan fingerprint density at radius 2 is 2.07 bits per heavy atom. The summed E-state index contributed by atoms with van der Waals surface area (Å²) in [5.41, 5.74) is 2.24. The van der Waals surface area contributed by atoms with Crippen molar-refractivity contribution in [1.29, 1.82) is 0 Å². The summed E-state index contributed by atoms with van der Waals surface area (Å²) in [4.78, 5) is 11.2. The van der Waals surface area contributed by atoms with Gasteiger partial charge in [-0.1, -0.05) is 18.2 Å². The molecule has 0 radical (unpaired) electrons. The first kappa shape index (κ1) is 9.77. The highest BCUT2D eigenvalue weighted by molar-refractivity contribution is 6.05. The maximum Gasteiger partial charge on any atom is 0.338 e. The molecule has 3 nitrogen and oxygen atoms in total. The standard InChI is InChI=1S/C12H13NO2/c1-3-13-8(2)11(12(14)15)9-6-4-5-7-10(9)13/h4-7H,3H2,1-2H3,(H,14,15). The van der Waals surface area contributed by atoms with Crippen molar-refractivity contribution in [2.45, 2.75) is 20.4 Å². The molecule has 0 amide bonds. The Morgan fingerprint density at radius 1 is 1.40 bits per heavy atom. The van der Waals surface area contributed by atoms with Crippen molar-refractivity contribution >= 4 is 16.9 Å². The lowest BCUT2D eigenvalue weighted by Gasteiger charge is -2.02. The summed E-state index contributed by atoms with van der Waals surface area (Å²) in [5, 5.41) is 9.98. The van der Waals surface area contributed by atoms with Gasteiger partial charge >= 0.3 is 5.97 Å². The Labute approximate surface area is 87.9 Å². The van der Waals surface area contributed by atoms with Crippen LogP contribution in [0.5, 0.6) is 0 Å². The van der Waals surface area contributed by atoms with Gasteiger partial charge in [0.1, 0.15) is 0 Å². The molecule has 15 heavy (non-hydrogen) atoms. The van der Waals surface area contributed by atoms with E-state index in [9.17, 15) is 4.79 Å². The van der Waals surface area contributed by atoms with Gasteiger partial charge in [-0.25, -0.2) is 4.79 Å². The quantitative estimate of drug-likeness (QED) is 0.815. The number of carboxylic acids is 1. The van der Waals surface area contributed by atoms with Crippen molar-refractivity contribution in [2.24, 2.45) is 0 Å². The minimum absolute atomic E-state index is 0.424. The highest BCUT2D eigenvalue weighted by Crippen LogP contribution is 2.25. The molecule has 1 N–H and O–H groups in total. The Kier molecular flexibility index (Phi) is 2.23. The molecule has 0 fully saturated rings. The number of carbonyl (C=O) groups is 1. The van der Waals surface area contributed by atoms with Crippen molar-refractivity contribution in [2.75, 3.05) is 0 Å². The van der Waals surface area contributed by atoms with E-state index >= 15 is 0 Å². The van der Waals surface area contributed by atoms with Gasteiger partial charge in [0.25, 0.3) is 0 Å². The van der Waals surface area contributed by atoms with Crippen LogP contribution in [0.1, 0.15) is 23.0 Å². The molecule has 0 bridgehead atoms. The molecule has 1 aromatic heterocycles. The third-order valence-corrected chi connectivity index (χ3v) is 2.76. The zero-order valence-corrected chi connectivity index (χ0v) is 8.82. The molecule has 0 spiro atoms. The van der Waals surface area contributed by atoms with E-state index in [1.807, 2.05) is 42.7 Å². The van der Waals surface area contributed by atoms with Crippen molar-refractivity contribution in [3.05, 3.63) is 35.5 Å². The highest BCUT2D eigenvalue weighted by atomic mass is 16.4. The molecular weight excluding hydrogens is 190 g/mol. The highest BCUT2D eigenvalue weighted by Gasteiger charge is 2.17. The molecule has 0 aliphatic heterocycles. The van der Waals surface area contributed by atoms with Crippen molar-refractivity contribution in [1.82, 2.24) is 4.57 Å². The number of benzene rings is 1. The van der Waals surface area contributed by atoms with Gasteiger partial charge in [0.05, 0.1) is 5.56 Å². The largest absolute Gasteiger partial charge is 0.478 e. The first-order chi connectivity index (χ1) is 7.16. The fourth-order valence-corrected chi connectivity index (χ4v) is 2.11. The Bertz CT molecular complexity index is 526. The van der Waals surface area contributed by atoms with Crippen LogP contribution in [0.25, 0.3) is 10.9 Å². The summed E-state index contributed by atoms with van der Waals surface area (Å²) < 4.78 is 2.03. The van der Waals surface area contributed by atoms with Gasteiger partial charge in [-0.05, 0) is 19.9 Å². The van der Waals surface area contributed by atoms with E-state index in [0.29, 0.717) is 5.56 Å². The summed E-state index contributed by atoms with van der Waals surface area (Å²) in [5.74, 6) is -0.851. The monoisotopic (exact) mass is 203 g/mol. The number of hydrogen-bond donors (Lipinski definition) is 1. The fraction of sp³-hybridized carbons (Fsp3) is 0.250. The van der Waals surface area contributed by atoms with Crippen LogP contribution in [0.15, 0.2) is 24.3 Å². The number of fused-ring (bicyclic) bond motifs is 1. The van der Waals surface area contributed by atoms with E-state index in [4.69, 9.17) is 5.11 Å². The fourth-order valence-electron chi connectivity index (χ4n) is 2.11. The average Bonchev–Trinajstić information content (AvgIpc) is 2.49. The lowest BCUT2D eigenvalue weighted by molar-refractivity contribution is 0.0698. The number of aromatic nitrogens is 1. The van der Waals surface area contributed by atoms with E-state index in [0.717, 1.165) is 23.1 Å². The van der Waals surface area contributed by atoms with Gasteiger partial charge < -0.3 is 9.67 Å². The summed E-state index contributed by atoms with van der Waals surface area (Å²) >= 11 is 0. The van der Waals surface area contributed by atoms with Gasteiger partial charge in [0.15, 0.2) is 0 Å². The van der Waals surface area contributed by atoms with Crippen LogP contribution >= 0.6 is 0 Å². The molecule has 0 atom stereocenters. The van der Waals surface area contributed by atoms with Crippen LogP contribution in [-0.4, -0.2) is 15.6 Å². The predicted molar refractivity (Wildman–Crippen MR) is 59.3 cm³/mol. The van der Waals surface area contributed by atoms with E-state index < -0.39 is 5.97 Å². The molecule has 0 saturated carbocycles. The van der Waals surface area contributed by atoms with Crippen LogP contribution in [0, 0.1) is 6.92 Å². The predicted octanol–water partition coefficient (Wildman–Crippen LogP) is 2.67. The van der Waals surface area contributed by atoms with Gasteiger partial charge in [-0.2, -0.15) is 0 Å². The second-order valence-corrected chi connectivity index (χ2v) is 3.53. The first-order valence-electron chi connectivity index (χ1n) is 4.98. The van der Waals surface area contributed by atoms with E-state index in [1.165, 1.54) is 0 Å². The Hall–Kier alpha value is -1.77. The van der Waals surface area contributed by atoms with Crippen LogP contribution in [0.2, 0.25) is 0 Å². The second-order valence-electron chi connectivity index (χ2n) is 3.53. The molecule has 0 saturated heterocycles. The molecule has 1 heterocycles. The number of hydrogen-bond acceptors (Lipinski definition) is 1. The molecule has 3 heteroatoms. The van der Waals surface area contributed by atoms with Crippen molar-refractivity contribution in [3.8, 4) is 0 Å². The van der Waals surface area contributed by atoms with E-state index in [2.05, 4.69) is 0 Å². The molecule has 1 aromatic carbocycles. The minimum Gasteiger partial charge on any atom is -0.478 e. The topological polar surface area (TPSA) is 42.2 Å². The average molecular weight is 203 g/mol. The maximum absolute atomic E-state index is 11.2. The summed E-state index contributed by atoms with van der Waals surface area (Å²) in [6.45, 7) is 4.66. The van der Waals surface area contributed by atoms with Gasteiger partial charge in [0, 0.05) is 23.1 Å². The molecule has 2 aromatic rings. The Balaban J connectivity index is 2.91. The van der Waals surface area contributed by atoms with Crippen molar-refractivity contribution < 1.29 is 9.90 Å². The Morgan fingerprint density at radius 3 is 2.67 bits per heavy atom. The van der Waals surface area contributed by atoms with Gasteiger partial charge in [-0.15, -0.1) is 0 Å². The number of carboxylic acid groups (broad SMARTS) is 1. The normalized spacial score (nSPS) is 10.8. The number of rotatable bonds is 2. The van der Waals surface area contributed by atoms with Crippen LogP contribution in [0.3, 0.4) is 0 Å². The maximum atomic E-state index is 11.2. The third kappa shape index (κ3) is 1.31. The molecular formula is C12H13NO2. The molecule has 78 valence electrons. The van der Waals surface area contributed by atoms with Crippen molar-refractivity contribution in [3.63, 3.8) is 0 Å². The van der Waals surface area contributed by atoms with Crippen LogP contribution in [0.4, 0.5) is 0 Å². The molecule has 0 aliphatic rings. The lowest BCUT2D eigenvalue weighted by atomic mass is 10.1. The zero-order chi connectivity index (χ0) is 11.0. The minimum atomic E-state index is -0.851. The van der Waals surface area contributed by atoms with Gasteiger partial charge in [0.2, 0.25) is 0 Å². The number of aromatic carboxylic acids is 1.